The summed E-state index contributed by atoms with van der Waals surface area (Å²) in [5.74, 6) is -0.0122. The normalized spacial score (nSPS) is 19.8. The zero-order valence-corrected chi connectivity index (χ0v) is 13.8. The Balaban J connectivity index is 2.26. The summed E-state index contributed by atoms with van der Waals surface area (Å²) in [7, 11) is -1.32. The smallest absolute Gasteiger partial charge is 0.270 e. The molecule has 1 saturated heterocycles. The molecule has 7 heteroatoms. The standard InChI is InChI=1S/C15H21N3O3S/c1-3-4-6-18(13-5-7-22(20,21)11-13)15(19)14-8-12(9-16)10-17(14)2/h8,10,13H,3-7,11H2,1-2H3. The number of hydrogen-bond acceptors (Lipinski definition) is 4. The van der Waals surface area contributed by atoms with Crippen LogP contribution in [0, 0.1) is 11.3 Å². The number of aromatic nitrogens is 1. The number of nitrogens with zero attached hydrogens (tertiary/aromatic N) is 3. The molecule has 1 atom stereocenters. The molecule has 1 aromatic heterocycles. The van der Waals surface area contributed by atoms with Crippen molar-refractivity contribution < 1.29 is 13.2 Å². The lowest BCUT2D eigenvalue weighted by Gasteiger charge is -2.28. The second kappa shape index (κ2) is 6.53. The van der Waals surface area contributed by atoms with Gasteiger partial charge in [0.25, 0.3) is 5.91 Å². The van der Waals surface area contributed by atoms with E-state index in [0.29, 0.717) is 24.2 Å². The minimum atomic E-state index is -3.04. The maximum atomic E-state index is 12.8. The van der Waals surface area contributed by atoms with Gasteiger partial charge in [0.05, 0.1) is 17.1 Å². The molecule has 22 heavy (non-hydrogen) atoms. The first kappa shape index (κ1) is 16.6. The van der Waals surface area contributed by atoms with Crippen LogP contribution < -0.4 is 0 Å². The number of carbonyl (C=O) groups is 1. The molecule has 1 fully saturated rings. The fraction of sp³-hybridized carbons (Fsp3) is 0.600. The Kier molecular flexibility index (Phi) is 4.91. The molecule has 2 heterocycles. The highest BCUT2D eigenvalue weighted by Gasteiger charge is 2.35. The van der Waals surface area contributed by atoms with Gasteiger partial charge in [-0.25, -0.2) is 8.42 Å². The number of amides is 1. The summed E-state index contributed by atoms with van der Waals surface area (Å²) in [6, 6.07) is 3.32. The first-order valence-corrected chi connectivity index (χ1v) is 9.28. The van der Waals surface area contributed by atoms with Crippen LogP contribution >= 0.6 is 0 Å². The van der Waals surface area contributed by atoms with Crippen LogP contribution in [0.4, 0.5) is 0 Å². The quantitative estimate of drug-likeness (QED) is 0.818. The molecule has 0 aliphatic carbocycles. The van der Waals surface area contributed by atoms with Gasteiger partial charge >= 0.3 is 0 Å². The highest BCUT2D eigenvalue weighted by atomic mass is 32.2. The Bertz CT molecular complexity index is 700. The third-order valence-corrected chi connectivity index (χ3v) is 5.77. The number of aryl methyl sites for hydroxylation is 1. The fourth-order valence-corrected chi connectivity index (χ4v) is 4.52. The SMILES string of the molecule is CCCCN(C(=O)c1cc(C#N)cn1C)C1CCS(=O)(=O)C1. The van der Waals surface area contributed by atoms with Crippen LogP contribution in [0.1, 0.15) is 42.2 Å². The van der Waals surface area contributed by atoms with Gasteiger partial charge in [0.1, 0.15) is 11.8 Å². The number of sulfone groups is 1. The van der Waals surface area contributed by atoms with E-state index in [9.17, 15) is 13.2 Å². The Hall–Kier alpha value is -1.81. The van der Waals surface area contributed by atoms with Crippen LogP contribution in [-0.4, -0.2) is 47.9 Å². The van der Waals surface area contributed by atoms with Crippen molar-refractivity contribution in [1.82, 2.24) is 9.47 Å². The maximum Gasteiger partial charge on any atom is 0.270 e. The van der Waals surface area contributed by atoms with E-state index < -0.39 is 9.84 Å². The molecule has 1 aliphatic heterocycles. The van der Waals surface area contributed by atoms with Gasteiger partial charge in [-0.05, 0) is 18.9 Å². The van der Waals surface area contributed by atoms with E-state index in [-0.39, 0.29) is 23.5 Å². The molecule has 6 nitrogen and oxygen atoms in total. The molecule has 1 amide bonds. The Labute approximate surface area is 131 Å². The second-order valence-corrected chi connectivity index (χ2v) is 7.97. The summed E-state index contributed by atoms with van der Waals surface area (Å²) in [5, 5.41) is 8.95. The minimum absolute atomic E-state index is 0.0397. The first-order valence-electron chi connectivity index (χ1n) is 7.46. The predicted molar refractivity (Wildman–Crippen MR) is 83.1 cm³/mol. The summed E-state index contributed by atoms with van der Waals surface area (Å²) in [4.78, 5) is 14.5. The van der Waals surface area contributed by atoms with Crippen LogP contribution in [0.15, 0.2) is 12.3 Å². The van der Waals surface area contributed by atoms with Crippen LogP contribution in [0.25, 0.3) is 0 Å². The van der Waals surface area contributed by atoms with Crippen molar-refractivity contribution in [1.29, 1.82) is 5.26 Å². The molecule has 2 rings (SSSR count). The Morgan fingerprint density at radius 1 is 1.55 bits per heavy atom. The summed E-state index contributed by atoms with van der Waals surface area (Å²) in [6.07, 6.45) is 3.86. The monoisotopic (exact) mass is 323 g/mol. The van der Waals surface area contributed by atoms with Gasteiger partial charge in [-0.2, -0.15) is 5.26 Å². The maximum absolute atomic E-state index is 12.8. The molecule has 1 aliphatic rings. The van der Waals surface area contributed by atoms with Gasteiger partial charge in [-0.3, -0.25) is 4.79 Å². The highest BCUT2D eigenvalue weighted by molar-refractivity contribution is 7.91. The van der Waals surface area contributed by atoms with E-state index >= 15 is 0 Å². The molecule has 1 aromatic rings. The van der Waals surface area contributed by atoms with Crippen molar-refractivity contribution in [3.05, 3.63) is 23.5 Å². The van der Waals surface area contributed by atoms with Crippen LogP contribution in [0.3, 0.4) is 0 Å². The van der Waals surface area contributed by atoms with E-state index in [1.54, 1.807) is 28.8 Å². The molecule has 0 aromatic carbocycles. The lowest BCUT2D eigenvalue weighted by molar-refractivity contribution is 0.0684. The van der Waals surface area contributed by atoms with Gasteiger partial charge < -0.3 is 9.47 Å². The number of carbonyl (C=O) groups excluding carboxylic acids is 1. The molecule has 0 bridgehead atoms. The zero-order chi connectivity index (χ0) is 16.3. The molecule has 0 spiro atoms. The van der Waals surface area contributed by atoms with Gasteiger partial charge in [0, 0.05) is 25.8 Å². The first-order chi connectivity index (χ1) is 10.4. The van der Waals surface area contributed by atoms with E-state index in [4.69, 9.17) is 5.26 Å². The molecule has 0 radical (unpaired) electrons. The van der Waals surface area contributed by atoms with E-state index in [2.05, 4.69) is 0 Å². The molecule has 120 valence electrons. The molecular weight excluding hydrogens is 302 g/mol. The predicted octanol–water partition coefficient (Wildman–Crippen LogP) is 1.33. The zero-order valence-electron chi connectivity index (χ0n) is 12.9. The Morgan fingerprint density at radius 3 is 2.77 bits per heavy atom. The third-order valence-electron chi connectivity index (χ3n) is 4.02. The number of nitriles is 1. The molecule has 0 saturated carbocycles. The summed E-state index contributed by atoms with van der Waals surface area (Å²) in [5.41, 5.74) is 0.859. The van der Waals surface area contributed by atoms with E-state index in [0.717, 1.165) is 12.8 Å². The fourth-order valence-electron chi connectivity index (χ4n) is 2.79. The molecular formula is C15H21N3O3S. The largest absolute Gasteiger partial charge is 0.345 e. The van der Waals surface area contributed by atoms with Crippen molar-refractivity contribution in [3.8, 4) is 6.07 Å². The average molecular weight is 323 g/mol. The van der Waals surface area contributed by atoms with Gasteiger partial charge in [0.15, 0.2) is 9.84 Å². The minimum Gasteiger partial charge on any atom is -0.345 e. The third kappa shape index (κ3) is 3.50. The Morgan fingerprint density at radius 2 is 2.27 bits per heavy atom. The van der Waals surface area contributed by atoms with Crippen LogP contribution in [-0.2, 0) is 16.9 Å². The topological polar surface area (TPSA) is 83.2 Å². The molecule has 1 unspecified atom stereocenters. The number of unbranched alkanes of at least 4 members (excludes halogenated alkanes) is 1. The summed E-state index contributed by atoms with van der Waals surface area (Å²) < 4.78 is 25.0. The van der Waals surface area contributed by atoms with Gasteiger partial charge in [0.2, 0.25) is 0 Å². The lowest BCUT2D eigenvalue weighted by Crippen LogP contribution is -2.42. The van der Waals surface area contributed by atoms with Crippen molar-refractivity contribution in [2.45, 2.75) is 32.2 Å². The molecule has 0 N–H and O–H groups in total. The number of rotatable bonds is 5. The van der Waals surface area contributed by atoms with Gasteiger partial charge in [-0.15, -0.1) is 0 Å². The van der Waals surface area contributed by atoms with Crippen LogP contribution in [0.2, 0.25) is 0 Å². The summed E-state index contributed by atoms with van der Waals surface area (Å²) in [6.45, 7) is 2.58. The van der Waals surface area contributed by atoms with Crippen LogP contribution in [0.5, 0.6) is 0 Å². The van der Waals surface area contributed by atoms with Crippen molar-refractivity contribution in [3.63, 3.8) is 0 Å². The average Bonchev–Trinajstić information content (AvgIpc) is 3.01. The van der Waals surface area contributed by atoms with Crippen molar-refractivity contribution in [2.24, 2.45) is 7.05 Å². The lowest BCUT2D eigenvalue weighted by atomic mass is 10.1. The van der Waals surface area contributed by atoms with Crippen molar-refractivity contribution >= 4 is 15.7 Å². The van der Waals surface area contributed by atoms with E-state index in [1.807, 2.05) is 13.0 Å². The second-order valence-electron chi connectivity index (χ2n) is 5.75. The summed E-state index contributed by atoms with van der Waals surface area (Å²) >= 11 is 0. The number of hydrogen-bond donors (Lipinski definition) is 0. The highest BCUT2D eigenvalue weighted by Crippen LogP contribution is 2.21. The van der Waals surface area contributed by atoms with E-state index in [1.165, 1.54) is 0 Å². The van der Waals surface area contributed by atoms with Crippen molar-refractivity contribution in [2.75, 3.05) is 18.1 Å². The van der Waals surface area contributed by atoms with Gasteiger partial charge in [-0.1, -0.05) is 13.3 Å².